The molecule has 0 aliphatic rings. The van der Waals surface area contributed by atoms with Gasteiger partial charge in [0.15, 0.2) is 0 Å². The summed E-state index contributed by atoms with van der Waals surface area (Å²) in [4.78, 5) is 0. The van der Waals surface area contributed by atoms with Crippen molar-refractivity contribution in [1.82, 2.24) is 0 Å². The normalized spacial score (nSPS) is 11.8. The molecule has 0 unspecified atom stereocenters. The second-order valence-electron chi connectivity index (χ2n) is 4.52. The molecule has 3 heteroatoms. The van der Waals surface area contributed by atoms with Gasteiger partial charge in [-0.25, -0.2) is 4.39 Å². The third-order valence-corrected chi connectivity index (χ3v) is 5.35. The lowest BCUT2D eigenvalue weighted by molar-refractivity contribution is 0.468. The fraction of sp³-hybridized carbons (Fsp3) is 0.571. The molecule has 0 spiro atoms. The van der Waals surface area contributed by atoms with Gasteiger partial charge >= 0.3 is 0 Å². The molecule has 1 aromatic rings. The van der Waals surface area contributed by atoms with Gasteiger partial charge in [-0.05, 0) is 24.1 Å². The topological polar surface area (TPSA) is 0 Å². The molecule has 0 bridgehead atoms. The lowest BCUT2D eigenvalue weighted by atomic mass is 9.80. The van der Waals surface area contributed by atoms with Gasteiger partial charge in [-0.3, -0.25) is 0 Å². The molecule has 0 aliphatic heterocycles. The first kappa shape index (κ1) is 15.2. The van der Waals surface area contributed by atoms with Crippen LogP contribution in [-0.2, 0) is 5.41 Å². The molecule has 0 atom stereocenters. The van der Waals surface area contributed by atoms with Gasteiger partial charge in [0.2, 0.25) is 0 Å². The Morgan fingerprint density at radius 2 is 1.88 bits per heavy atom. The Morgan fingerprint density at radius 3 is 2.41 bits per heavy atom. The second-order valence-corrected chi connectivity index (χ2v) is 5.64. The van der Waals surface area contributed by atoms with Gasteiger partial charge < -0.3 is 0 Å². The highest BCUT2D eigenvalue weighted by molar-refractivity contribution is 9.09. The summed E-state index contributed by atoms with van der Waals surface area (Å²) in [7, 11) is 0. The minimum atomic E-state index is -0.149. The molecule has 17 heavy (non-hydrogen) atoms. The molecule has 0 saturated heterocycles. The summed E-state index contributed by atoms with van der Waals surface area (Å²) in [5, 5.41) is 1.72. The summed E-state index contributed by atoms with van der Waals surface area (Å²) >= 11 is 7.19. The van der Waals surface area contributed by atoms with Crippen molar-refractivity contribution >= 4 is 31.9 Å². The molecule has 96 valence electrons. The average molecular weight is 366 g/mol. The lowest BCUT2D eigenvalue weighted by Gasteiger charge is -2.31. The van der Waals surface area contributed by atoms with Crippen LogP contribution in [0, 0.1) is 5.82 Å². The van der Waals surface area contributed by atoms with Crippen LogP contribution < -0.4 is 0 Å². The van der Waals surface area contributed by atoms with Crippen molar-refractivity contribution in [2.24, 2.45) is 0 Å². The fourth-order valence-corrected chi connectivity index (χ4v) is 4.14. The fourth-order valence-electron chi connectivity index (χ4n) is 2.00. The molecule has 0 saturated carbocycles. The van der Waals surface area contributed by atoms with Crippen LogP contribution >= 0.6 is 31.9 Å². The Balaban J connectivity index is 2.89. The Hall–Kier alpha value is 0.110. The van der Waals surface area contributed by atoms with Gasteiger partial charge in [-0.1, -0.05) is 70.2 Å². The number of rotatable bonds is 7. The highest BCUT2D eigenvalue weighted by atomic mass is 79.9. The van der Waals surface area contributed by atoms with Crippen molar-refractivity contribution in [2.45, 2.75) is 38.0 Å². The predicted molar refractivity (Wildman–Crippen MR) is 79.8 cm³/mol. The zero-order valence-corrected chi connectivity index (χ0v) is 13.4. The summed E-state index contributed by atoms with van der Waals surface area (Å²) in [6.07, 6.45) is 4.71. The second kappa shape index (κ2) is 7.52. The van der Waals surface area contributed by atoms with E-state index in [9.17, 15) is 4.39 Å². The van der Waals surface area contributed by atoms with Crippen LogP contribution in [0.25, 0.3) is 0 Å². The van der Waals surface area contributed by atoms with Crippen molar-refractivity contribution in [2.75, 3.05) is 10.7 Å². The minimum absolute atomic E-state index is 0.0112. The Bertz CT molecular complexity index is 335. The van der Waals surface area contributed by atoms with Crippen LogP contribution in [0.3, 0.4) is 0 Å². The van der Waals surface area contributed by atoms with Crippen molar-refractivity contribution in [3.63, 3.8) is 0 Å². The monoisotopic (exact) mass is 364 g/mol. The molecule has 0 N–H and O–H groups in total. The van der Waals surface area contributed by atoms with Crippen molar-refractivity contribution < 1.29 is 4.39 Å². The smallest absolute Gasteiger partial charge is 0.123 e. The zero-order chi connectivity index (χ0) is 12.7. The lowest BCUT2D eigenvalue weighted by Crippen LogP contribution is -2.30. The highest BCUT2D eigenvalue weighted by Gasteiger charge is 2.29. The van der Waals surface area contributed by atoms with Gasteiger partial charge in [0.25, 0.3) is 0 Å². The van der Waals surface area contributed by atoms with E-state index in [1.54, 1.807) is 12.1 Å². The predicted octanol–water partition coefficient (Wildman–Crippen LogP) is 5.43. The van der Waals surface area contributed by atoms with Crippen LogP contribution in [0.2, 0.25) is 0 Å². The van der Waals surface area contributed by atoms with Crippen LogP contribution in [0.15, 0.2) is 24.3 Å². The number of hydrogen-bond acceptors (Lipinski definition) is 0. The van der Waals surface area contributed by atoms with Crippen molar-refractivity contribution in [1.29, 1.82) is 0 Å². The van der Waals surface area contributed by atoms with Crippen LogP contribution in [0.1, 0.15) is 38.2 Å². The van der Waals surface area contributed by atoms with Gasteiger partial charge in [-0.15, -0.1) is 0 Å². The largest absolute Gasteiger partial charge is 0.207 e. The maximum Gasteiger partial charge on any atom is 0.123 e. The van der Waals surface area contributed by atoms with Gasteiger partial charge in [0.05, 0.1) is 0 Å². The molecule has 0 nitrogen and oxygen atoms in total. The first-order valence-electron chi connectivity index (χ1n) is 6.06. The Labute approximate surface area is 120 Å². The molecule has 0 aromatic heterocycles. The third kappa shape index (κ3) is 4.06. The van der Waals surface area contributed by atoms with E-state index in [0.29, 0.717) is 0 Å². The molecule has 0 radical (unpaired) electrons. The third-order valence-electron chi connectivity index (χ3n) is 3.21. The number of alkyl halides is 2. The molecule has 0 heterocycles. The van der Waals surface area contributed by atoms with Crippen molar-refractivity contribution in [3.05, 3.63) is 35.6 Å². The molecule has 0 amide bonds. The SMILES string of the molecule is CCCCCC(CBr)(CBr)c1cccc(F)c1. The van der Waals surface area contributed by atoms with Crippen LogP contribution in [-0.4, -0.2) is 10.7 Å². The first-order valence-corrected chi connectivity index (χ1v) is 8.31. The van der Waals surface area contributed by atoms with E-state index in [-0.39, 0.29) is 11.2 Å². The van der Waals surface area contributed by atoms with E-state index in [1.165, 1.54) is 25.3 Å². The van der Waals surface area contributed by atoms with Gasteiger partial charge in [-0.2, -0.15) is 0 Å². The van der Waals surface area contributed by atoms with E-state index in [0.717, 1.165) is 22.6 Å². The van der Waals surface area contributed by atoms with Gasteiger partial charge in [0, 0.05) is 16.1 Å². The maximum absolute atomic E-state index is 13.3. The summed E-state index contributed by atoms with van der Waals surface area (Å²) in [6, 6.07) is 6.99. The van der Waals surface area contributed by atoms with Gasteiger partial charge in [0.1, 0.15) is 5.82 Å². The summed E-state index contributed by atoms with van der Waals surface area (Å²) in [5.74, 6) is -0.149. The Morgan fingerprint density at radius 1 is 1.18 bits per heavy atom. The molecule has 0 aliphatic carbocycles. The van der Waals surface area contributed by atoms with E-state index in [4.69, 9.17) is 0 Å². The molecule has 1 aromatic carbocycles. The average Bonchev–Trinajstić information content (AvgIpc) is 2.35. The van der Waals surface area contributed by atoms with E-state index >= 15 is 0 Å². The minimum Gasteiger partial charge on any atom is -0.207 e. The van der Waals surface area contributed by atoms with E-state index in [2.05, 4.69) is 38.8 Å². The summed E-state index contributed by atoms with van der Waals surface area (Å²) in [5.41, 5.74) is 1.10. The molecular formula is C14H19Br2F. The Kier molecular flexibility index (Phi) is 6.71. The van der Waals surface area contributed by atoms with Crippen LogP contribution in [0.4, 0.5) is 4.39 Å². The zero-order valence-electron chi connectivity index (χ0n) is 10.2. The highest BCUT2D eigenvalue weighted by Crippen LogP contribution is 2.34. The molecular weight excluding hydrogens is 347 g/mol. The maximum atomic E-state index is 13.3. The van der Waals surface area contributed by atoms with E-state index in [1.807, 2.05) is 6.07 Å². The summed E-state index contributed by atoms with van der Waals surface area (Å²) < 4.78 is 13.3. The molecule has 1 rings (SSSR count). The standard InChI is InChI=1S/C14H19Br2F/c1-2-3-4-8-14(10-15,11-16)12-6-5-7-13(17)9-12/h5-7,9H,2-4,8,10-11H2,1H3. The number of halogens is 3. The number of hydrogen-bond donors (Lipinski definition) is 0. The quantitative estimate of drug-likeness (QED) is 0.446. The number of unbranched alkanes of at least 4 members (excludes halogenated alkanes) is 2. The van der Waals surface area contributed by atoms with Crippen molar-refractivity contribution in [3.8, 4) is 0 Å². The van der Waals surface area contributed by atoms with Crippen LogP contribution in [0.5, 0.6) is 0 Å². The summed E-state index contributed by atoms with van der Waals surface area (Å²) in [6.45, 7) is 2.20. The first-order chi connectivity index (χ1) is 8.18. The molecule has 0 fully saturated rings. The number of benzene rings is 1. The van der Waals surface area contributed by atoms with E-state index < -0.39 is 0 Å².